The lowest BCUT2D eigenvalue weighted by atomic mass is 9.98. The predicted octanol–water partition coefficient (Wildman–Crippen LogP) is 3.76. The monoisotopic (exact) mass is 315 g/mol. The van der Waals surface area contributed by atoms with E-state index in [-0.39, 0.29) is 11.1 Å². The average molecular weight is 315 g/mol. The molecule has 1 aromatic heterocycles. The third-order valence-electron chi connectivity index (χ3n) is 3.94. The second-order valence-electron chi connectivity index (χ2n) is 5.40. The first-order valence-corrected chi connectivity index (χ1v) is 7.29. The van der Waals surface area contributed by atoms with Crippen molar-refractivity contribution in [3.63, 3.8) is 0 Å². The summed E-state index contributed by atoms with van der Waals surface area (Å²) in [6, 6.07) is 17.1. The number of halogens is 1. The summed E-state index contributed by atoms with van der Waals surface area (Å²) in [5, 5.41) is 13.2. The molecule has 1 amide bonds. The Bertz CT molecular complexity index is 1080. The van der Waals surface area contributed by atoms with Gasteiger partial charge in [-0.1, -0.05) is 24.3 Å². The van der Waals surface area contributed by atoms with Crippen molar-refractivity contribution in [3.8, 4) is 6.07 Å². The summed E-state index contributed by atoms with van der Waals surface area (Å²) in [6.07, 6.45) is 0. The van der Waals surface area contributed by atoms with Gasteiger partial charge in [0, 0.05) is 16.6 Å². The number of hydrogen-bond acceptors (Lipinski definition) is 3. The number of rotatable bonds is 1. The van der Waals surface area contributed by atoms with E-state index in [1.165, 1.54) is 18.2 Å². The molecule has 2 heterocycles. The van der Waals surface area contributed by atoms with Gasteiger partial charge >= 0.3 is 0 Å². The summed E-state index contributed by atoms with van der Waals surface area (Å²) in [4.78, 5) is 16.8. The lowest BCUT2D eigenvalue weighted by molar-refractivity contribution is -0.110. The molecule has 0 unspecified atom stereocenters. The third kappa shape index (κ3) is 2.13. The minimum absolute atomic E-state index is 0.127. The second kappa shape index (κ2) is 5.28. The van der Waals surface area contributed by atoms with Crippen LogP contribution in [0.2, 0.25) is 0 Å². The van der Waals surface area contributed by atoms with Gasteiger partial charge in [0.25, 0.3) is 5.91 Å². The molecule has 0 fully saturated rings. The summed E-state index contributed by atoms with van der Waals surface area (Å²) in [7, 11) is 0. The van der Waals surface area contributed by atoms with E-state index >= 15 is 0 Å². The molecule has 2 aromatic carbocycles. The van der Waals surface area contributed by atoms with Crippen LogP contribution in [0.15, 0.2) is 54.6 Å². The highest BCUT2D eigenvalue weighted by Crippen LogP contribution is 2.37. The number of benzene rings is 2. The van der Waals surface area contributed by atoms with Gasteiger partial charge in [-0.25, -0.2) is 9.37 Å². The van der Waals surface area contributed by atoms with Crippen LogP contribution in [0.5, 0.6) is 0 Å². The Labute approximate surface area is 136 Å². The molecular formula is C19H10FN3O. The van der Waals surface area contributed by atoms with E-state index in [1.54, 1.807) is 6.07 Å². The van der Waals surface area contributed by atoms with E-state index in [9.17, 15) is 14.4 Å². The molecule has 0 radical (unpaired) electrons. The van der Waals surface area contributed by atoms with Gasteiger partial charge in [0.15, 0.2) is 0 Å². The number of pyridine rings is 1. The van der Waals surface area contributed by atoms with Gasteiger partial charge < -0.3 is 5.32 Å². The molecule has 114 valence electrons. The lowest BCUT2D eigenvalue weighted by Crippen LogP contribution is -2.06. The number of nitrogens with zero attached hydrogens (tertiary/aromatic N) is 2. The molecule has 4 rings (SSSR count). The number of nitrogens with one attached hydrogen (secondary N) is 1. The number of carbonyl (C=O) groups is 1. The molecular weight excluding hydrogens is 305 g/mol. The van der Waals surface area contributed by atoms with Gasteiger partial charge in [-0.3, -0.25) is 4.79 Å². The van der Waals surface area contributed by atoms with Crippen LogP contribution in [0.3, 0.4) is 0 Å². The van der Waals surface area contributed by atoms with E-state index < -0.39 is 11.7 Å². The lowest BCUT2D eigenvalue weighted by Gasteiger charge is -2.05. The van der Waals surface area contributed by atoms with E-state index in [0.29, 0.717) is 16.9 Å². The number of hydrogen-bond donors (Lipinski definition) is 1. The van der Waals surface area contributed by atoms with Crippen LogP contribution >= 0.6 is 0 Å². The molecule has 0 aliphatic carbocycles. The maximum atomic E-state index is 13.6. The maximum absolute atomic E-state index is 13.6. The molecule has 1 aliphatic heterocycles. The Morgan fingerprint density at radius 1 is 1.12 bits per heavy atom. The number of fused-ring (bicyclic) bond motifs is 2. The summed E-state index contributed by atoms with van der Waals surface area (Å²) < 4.78 is 13.6. The fourth-order valence-corrected chi connectivity index (χ4v) is 2.83. The van der Waals surface area contributed by atoms with Crippen LogP contribution in [0.1, 0.15) is 11.3 Å². The van der Waals surface area contributed by atoms with E-state index in [0.717, 1.165) is 10.9 Å². The van der Waals surface area contributed by atoms with Crippen molar-refractivity contribution in [3.05, 3.63) is 71.7 Å². The normalized spacial score (nSPS) is 14.9. The largest absolute Gasteiger partial charge is 0.321 e. The van der Waals surface area contributed by atoms with E-state index in [2.05, 4.69) is 10.3 Å². The number of aromatic nitrogens is 1. The zero-order chi connectivity index (χ0) is 16.7. The Morgan fingerprint density at radius 2 is 1.96 bits per heavy atom. The fourth-order valence-electron chi connectivity index (χ4n) is 2.83. The average Bonchev–Trinajstić information content (AvgIpc) is 2.91. The van der Waals surface area contributed by atoms with Crippen LogP contribution in [0, 0.1) is 17.1 Å². The van der Waals surface area contributed by atoms with Crippen molar-refractivity contribution in [2.45, 2.75) is 0 Å². The zero-order valence-corrected chi connectivity index (χ0v) is 12.4. The summed E-state index contributed by atoms with van der Waals surface area (Å²) in [5.41, 5.74) is 2.26. The predicted molar refractivity (Wildman–Crippen MR) is 89.2 cm³/mol. The van der Waals surface area contributed by atoms with Crippen LogP contribution in [0.25, 0.3) is 22.0 Å². The third-order valence-corrected chi connectivity index (χ3v) is 3.94. The molecule has 1 aliphatic rings. The van der Waals surface area contributed by atoms with Crippen molar-refractivity contribution < 1.29 is 9.18 Å². The van der Waals surface area contributed by atoms with Crippen LogP contribution < -0.4 is 5.32 Å². The fraction of sp³-hybridized carbons (Fsp3) is 0. The highest BCUT2D eigenvalue weighted by molar-refractivity contribution is 6.37. The zero-order valence-electron chi connectivity index (χ0n) is 12.4. The molecule has 4 nitrogen and oxygen atoms in total. The summed E-state index contributed by atoms with van der Waals surface area (Å²) in [6.45, 7) is 0. The summed E-state index contributed by atoms with van der Waals surface area (Å²) >= 11 is 0. The quantitative estimate of drug-likeness (QED) is 0.549. The van der Waals surface area contributed by atoms with Gasteiger partial charge in [-0.05, 0) is 30.3 Å². The second-order valence-corrected chi connectivity index (χ2v) is 5.40. The molecule has 0 spiro atoms. The Hall–Kier alpha value is -3.52. The number of para-hydroxylation sites is 1. The number of amides is 1. The van der Waals surface area contributed by atoms with Crippen molar-refractivity contribution in [1.29, 1.82) is 5.26 Å². The molecule has 5 heteroatoms. The van der Waals surface area contributed by atoms with Gasteiger partial charge in [0.2, 0.25) is 0 Å². The first-order chi connectivity index (χ1) is 11.7. The topological polar surface area (TPSA) is 65.8 Å². The van der Waals surface area contributed by atoms with Gasteiger partial charge in [-0.15, -0.1) is 0 Å². The Kier molecular flexibility index (Phi) is 3.10. The number of allylic oxidation sites excluding steroid dienone is 1. The maximum Gasteiger partial charge on any atom is 0.257 e. The van der Waals surface area contributed by atoms with E-state index in [1.807, 2.05) is 36.4 Å². The molecule has 1 N–H and O–H groups in total. The SMILES string of the molecule is N#C/C(=C1/C(=O)Nc2ccc(F)cc21)c1ccc2ccccc2n1. The molecule has 0 saturated carbocycles. The van der Waals surface area contributed by atoms with Crippen LogP contribution in [-0.2, 0) is 4.79 Å². The first-order valence-electron chi connectivity index (χ1n) is 7.29. The molecule has 0 saturated heterocycles. The minimum atomic E-state index is -0.466. The first kappa shape index (κ1) is 14.1. The smallest absolute Gasteiger partial charge is 0.257 e. The van der Waals surface area contributed by atoms with Crippen molar-refractivity contribution in [1.82, 2.24) is 4.98 Å². The van der Waals surface area contributed by atoms with Gasteiger partial charge in [0.1, 0.15) is 11.9 Å². The number of carbonyl (C=O) groups excluding carboxylic acids is 1. The minimum Gasteiger partial charge on any atom is -0.321 e. The van der Waals surface area contributed by atoms with Crippen LogP contribution in [0.4, 0.5) is 10.1 Å². The standard InChI is InChI=1S/C19H10FN3O/c20-12-6-8-16-13(9-12)18(19(24)23-16)14(10-21)17-7-5-11-3-1-2-4-15(11)22-17/h1-9H,(H,23,24)/b18-14-. The summed E-state index contributed by atoms with van der Waals surface area (Å²) in [5.74, 6) is -0.895. The van der Waals surface area contributed by atoms with Crippen LogP contribution in [-0.4, -0.2) is 10.9 Å². The van der Waals surface area contributed by atoms with Crippen molar-refractivity contribution in [2.24, 2.45) is 0 Å². The number of nitriles is 1. The van der Waals surface area contributed by atoms with Crippen molar-refractivity contribution >= 4 is 33.6 Å². The molecule has 0 atom stereocenters. The van der Waals surface area contributed by atoms with Gasteiger partial charge in [-0.2, -0.15) is 5.26 Å². The van der Waals surface area contributed by atoms with E-state index in [4.69, 9.17) is 0 Å². The molecule has 24 heavy (non-hydrogen) atoms. The van der Waals surface area contributed by atoms with Gasteiger partial charge in [0.05, 0.1) is 22.4 Å². The molecule has 0 bridgehead atoms. The Morgan fingerprint density at radius 3 is 2.79 bits per heavy atom. The highest BCUT2D eigenvalue weighted by Gasteiger charge is 2.29. The Balaban J connectivity index is 1.98. The number of anilines is 1. The highest BCUT2D eigenvalue weighted by atomic mass is 19.1. The van der Waals surface area contributed by atoms with Crippen molar-refractivity contribution in [2.75, 3.05) is 5.32 Å². The molecule has 3 aromatic rings.